The van der Waals surface area contributed by atoms with Gasteiger partial charge in [0.1, 0.15) is 5.75 Å². The number of pyridine rings is 1. The first-order chi connectivity index (χ1) is 15.6. The summed E-state index contributed by atoms with van der Waals surface area (Å²) < 4.78 is 10.5. The molecule has 9 heteroatoms. The normalized spacial score (nSPS) is 13.8. The molecule has 0 saturated carbocycles. The Labute approximate surface area is 186 Å². The lowest BCUT2D eigenvalue weighted by Gasteiger charge is -2.35. The molecule has 0 bridgehead atoms. The second kappa shape index (κ2) is 10.0. The van der Waals surface area contributed by atoms with Crippen LogP contribution in [0.15, 0.2) is 53.3 Å². The number of hydrogen-bond acceptors (Lipinski definition) is 7. The van der Waals surface area contributed by atoms with Crippen molar-refractivity contribution >= 4 is 11.8 Å². The fraction of sp³-hybridized carbons (Fsp3) is 0.348. The predicted molar refractivity (Wildman–Crippen MR) is 116 cm³/mol. The van der Waals surface area contributed by atoms with Crippen molar-refractivity contribution < 1.29 is 18.8 Å². The van der Waals surface area contributed by atoms with Crippen molar-refractivity contribution in [3.8, 4) is 17.1 Å². The fourth-order valence-corrected chi connectivity index (χ4v) is 3.62. The quantitative estimate of drug-likeness (QED) is 0.559. The minimum absolute atomic E-state index is 0.0218. The molecule has 3 heterocycles. The highest BCUT2D eigenvalue weighted by Crippen LogP contribution is 2.16. The molecule has 1 saturated heterocycles. The second-order valence-electron chi connectivity index (χ2n) is 7.54. The summed E-state index contributed by atoms with van der Waals surface area (Å²) in [7, 11) is 1.61. The molecule has 1 aliphatic rings. The van der Waals surface area contributed by atoms with E-state index in [-0.39, 0.29) is 18.2 Å². The van der Waals surface area contributed by atoms with Gasteiger partial charge < -0.3 is 19.1 Å². The zero-order chi connectivity index (χ0) is 22.3. The van der Waals surface area contributed by atoms with Crippen LogP contribution in [0.3, 0.4) is 0 Å². The van der Waals surface area contributed by atoms with Gasteiger partial charge in [0.25, 0.3) is 0 Å². The highest BCUT2D eigenvalue weighted by Gasteiger charge is 2.24. The summed E-state index contributed by atoms with van der Waals surface area (Å²) in [5.41, 5.74) is 1.73. The minimum Gasteiger partial charge on any atom is -0.497 e. The van der Waals surface area contributed by atoms with Gasteiger partial charge in [0.05, 0.1) is 13.5 Å². The molecule has 32 heavy (non-hydrogen) atoms. The van der Waals surface area contributed by atoms with E-state index in [0.717, 1.165) is 16.9 Å². The molecular weight excluding hydrogens is 410 g/mol. The molecule has 0 atom stereocenters. The summed E-state index contributed by atoms with van der Waals surface area (Å²) in [6.07, 6.45) is 4.32. The second-order valence-corrected chi connectivity index (χ2v) is 7.54. The van der Waals surface area contributed by atoms with Crippen LogP contribution >= 0.6 is 0 Å². The van der Waals surface area contributed by atoms with Crippen LogP contribution in [0, 0.1) is 0 Å². The number of nitrogens with zero attached hydrogens (tertiary/aromatic N) is 5. The molecule has 1 fully saturated rings. The third-order valence-corrected chi connectivity index (χ3v) is 5.43. The highest BCUT2D eigenvalue weighted by molar-refractivity contribution is 5.80. The van der Waals surface area contributed by atoms with Crippen molar-refractivity contribution in [2.24, 2.45) is 0 Å². The number of rotatable bonds is 7. The van der Waals surface area contributed by atoms with Crippen LogP contribution in [0.2, 0.25) is 0 Å². The number of carbonyl (C=O) groups excluding carboxylic acids is 2. The number of hydrogen-bond donors (Lipinski definition) is 0. The first-order valence-electron chi connectivity index (χ1n) is 10.5. The summed E-state index contributed by atoms with van der Waals surface area (Å²) in [5.74, 6) is 1.73. The Morgan fingerprint density at radius 1 is 1.03 bits per heavy atom. The van der Waals surface area contributed by atoms with Crippen LogP contribution in [0.5, 0.6) is 5.75 Å². The number of amides is 2. The van der Waals surface area contributed by atoms with Gasteiger partial charge in [-0.2, -0.15) is 4.98 Å². The smallest absolute Gasteiger partial charge is 0.227 e. The van der Waals surface area contributed by atoms with Crippen molar-refractivity contribution in [2.45, 2.75) is 19.3 Å². The number of piperazine rings is 1. The summed E-state index contributed by atoms with van der Waals surface area (Å²) in [6, 6.07) is 11.1. The number of aryl methyl sites for hydroxylation is 1. The number of aromatic nitrogens is 3. The average Bonchev–Trinajstić information content (AvgIpc) is 3.32. The topological polar surface area (TPSA) is 102 Å². The molecule has 1 aromatic carbocycles. The van der Waals surface area contributed by atoms with Crippen molar-refractivity contribution in [1.82, 2.24) is 24.9 Å². The van der Waals surface area contributed by atoms with Crippen molar-refractivity contribution in [1.29, 1.82) is 0 Å². The Morgan fingerprint density at radius 3 is 2.47 bits per heavy atom. The van der Waals surface area contributed by atoms with Gasteiger partial charge in [-0.3, -0.25) is 14.6 Å². The first kappa shape index (κ1) is 21.5. The maximum atomic E-state index is 12.6. The predicted octanol–water partition coefficient (Wildman–Crippen LogP) is 1.99. The summed E-state index contributed by atoms with van der Waals surface area (Å²) in [6.45, 7) is 2.10. The average molecular weight is 435 g/mol. The van der Waals surface area contributed by atoms with Crippen molar-refractivity contribution in [3.05, 3.63) is 60.2 Å². The largest absolute Gasteiger partial charge is 0.497 e. The molecule has 1 aliphatic heterocycles. The zero-order valence-electron chi connectivity index (χ0n) is 17.9. The summed E-state index contributed by atoms with van der Waals surface area (Å²) in [4.78, 5) is 37.1. The van der Waals surface area contributed by atoms with Gasteiger partial charge in [-0.25, -0.2) is 0 Å². The van der Waals surface area contributed by atoms with Crippen molar-refractivity contribution in [2.75, 3.05) is 33.3 Å². The maximum Gasteiger partial charge on any atom is 0.227 e. The van der Waals surface area contributed by atoms with E-state index in [0.29, 0.717) is 50.7 Å². The third kappa shape index (κ3) is 5.29. The van der Waals surface area contributed by atoms with E-state index in [1.54, 1.807) is 36.5 Å². The molecule has 0 unspecified atom stereocenters. The van der Waals surface area contributed by atoms with Gasteiger partial charge in [0.15, 0.2) is 0 Å². The van der Waals surface area contributed by atoms with Crippen LogP contribution < -0.4 is 4.74 Å². The van der Waals surface area contributed by atoms with E-state index in [1.807, 2.05) is 29.2 Å². The fourth-order valence-electron chi connectivity index (χ4n) is 3.62. The van der Waals surface area contributed by atoms with E-state index >= 15 is 0 Å². The molecule has 4 rings (SSSR count). The molecular formula is C23H25N5O4. The van der Waals surface area contributed by atoms with Crippen LogP contribution in [0.25, 0.3) is 11.4 Å². The molecule has 3 aromatic rings. The number of carbonyl (C=O) groups is 2. The molecule has 0 spiro atoms. The highest BCUT2D eigenvalue weighted by atomic mass is 16.5. The lowest BCUT2D eigenvalue weighted by atomic mass is 10.1. The van der Waals surface area contributed by atoms with E-state index in [9.17, 15) is 9.59 Å². The molecule has 2 aromatic heterocycles. The van der Waals surface area contributed by atoms with Gasteiger partial charge in [-0.05, 0) is 29.8 Å². The molecule has 166 valence electrons. The molecule has 2 amide bonds. The lowest BCUT2D eigenvalue weighted by Crippen LogP contribution is -2.51. The Kier molecular flexibility index (Phi) is 6.74. The van der Waals surface area contributed by atoms with E-state index in [2.05, 4.69) is 15.1 Å². The monoisotopic (exact) mass is 435 g/mol. The van der Waals surface area contributed by atoms with Crippen LogP contribution in [-0.4, -0.2) is 70.0 Å². The van der Waals surface area contributed by atoms with Gasteiger partial charge in [-0.15, -0.1) is 0 Å². The molecule has 0 N–H and O–H groups in total. The summed E-state index contributed by atoms with van der Waals surface area (Å²) >= 11 is 0. The molecule has 0 radical (unpaired) electrons. The Bertz CT molecular complexity index is 1060. The third-order valence-electron chi connectivity index (χ3n) is 5.43. The van der Waals surface area contributed by atoms with Gasteiger partial charge >= 0.3 is 0 Å². The Balaban J connectivity index is 1.23. The standard InChI is InChI=1S/C23H25N5O4/c1-31-19-4-2-3-17(15-19)16-22(30)28-13-11-27(12-14-28)21(29)6-5-20-25-23(26-32-20)18-7-9-24-10-8-18/h2-4,7-10,15H,5-6,11-14,16H2,1H3. The van der Waals surface area contributed by atoms with Gasteiger partial charge in [0, 0.05) is 57.0 Å². The van der Waals surface area contributed by atoms with E-state index in [1.165, 1.54) is 0 Å². The van der Waals surface area contributed by atoms with Crippen LogP contribution in [0.1, 0.15) is 17.9 Å². The molecule has 0 aliphatic carbocycles. The summed E-state index contributed by atoms with van der Waals surface area (Å²) in [5, 5.41) is 3.96. The maximum absolute atomic E-state index is 12.6. The SMILES string of the molecule is COc1cccc(CC(=O)N2CCN(C(=O)CCc3nc(-c4ccncc4)no3)CC2)c1. The zero-order valence-corrected chi connectivity index (χ0v) is 17.9. The van der Waals surface area contributed by atoms with Gasteiger partial charge in [-0.1, -0.05) is 17.3 Å². The Hall–Kier alpha value is -3.75. The first-order valence-corrected chi connectivity index (χ1v) is 10.5. The minimum atomic E-state index is 0.0218. The lowest BCUT2D eigenvalue weighted by molar-refractivity contribution is -0.139. The molecule has 9 nitrogen and oxygen atoms in total. The number of benzene rings is 1. The van der Waals surface area contributed by atoms with Crippen LogP contribution in [0.4, 0.5) is 0 Å². The number of ether oxygens (including phenoxy) is 1. The van der Waals surface area contributed by atoms with Crippen LogP contribution in [-0.2, 0) is 22.4 Å². The van der Waals surface area contributed by atoms with E-state index < -0.39 is 0 Å². The number of methoxy groups -OCH3 is 1. The Morgan fingerprint density at radius 2 is 1.75 bits per heavy atom. The van der Waals surface area contributed by atoms with Gasteiger partial charge in [0.2, 0.25) is 23.5 Å². The van der Waals surface area contributed by atoms with E-state index in [4.69, 9.17) is 9.26 Å². The van der Waals surface area contributed by atoms with Crippen molar-refractivity contribution in [3.63, 3.8) is 0 Å².